The molecular weight excluding hydrogens is 491 g/mol. The largest absolute Gasteiger partial charge is 0.434 e. The van der Waals surface area contributed by atoms with Gasteiger partial charge >= 0.3 is 6.18 Å². The first kappa shape index (κ1) is 23.2. The van der Waals surface area contributed by atoms with Gasteiger partial charge in [-0.15, -0.1) is 0 Å². The lowest BCUT2D eigenvalue weighted by Gasteiger charge is -2.42. The number of imidazole rings is 1. The fourth-order valence-electron chi connectivity index (χ4n) is 5.64. The van der Waals surface area contributed by atoms with Gasteiger partial charge in [-0.3, -0.25) is 14.4 Å². The third-order valence-electron chi connectivity index (χ3n) is 7.56. The zero-order valence-corrected chi connectivity index (χ0v) is 20.2. The lowest BCUT2D eigenvalue weighted by atomic mass is 9.73. The number of piperidine rings is 1. The number of nitrogens with two attached hydrogens (primary N) is 1. The Balaban J connectivity index is 1.30. The summed E-state index contributed by atoms with van der Waals surface area (Å²) < 4.78 is 41.8. The minimum absolute atomic E-state index is 0.0331. The first-order valence-electron chi connectivity index (χ1n) is 11.7. The first-order chi connectivity index (χ1) is 17.2. The lowest BCUT2D eigenvalue weighted by Crippen LogP contribution is -2.44. The molecular formula is C25H23ClF3N7. The summed E-state index contributed by atoms with van der Waals surface area (Å²) in [5.41, 5.74) is 9.65. The molecule has 4 aromatic heterocycles. The fourth-order valence-corrected chi connectivity index (χ4v) is 5.95. The molecule has 1 aliphatic heterocycles. The van der Waals surface area contributed by atoms with Gasteiger partial charge in [0.2, 0.25) is 0 Å². The molecule has 1 fully saturated rings. The minimum Gasteiger partial charge on any atom is -0.355 e. The molecule has 0 saturated carbocycles. The van der Waals surface area contributed by atoms with Crippen LogP contribution in [-0.4, -0.2) is 37.4 Å². The number of nitrogens with zero attached hydrogens (tertiary/aromatic N) is 6. The van der Waals surface area contributed by atoms with Crippen LogP contribution in [-0.2, 0) is 12.6 Å². The van der Waals surface area contributed by atoms with Crippen molar-refractivity contribution in [2.24, 2.45) is 11.1 Å². The molecule has 1 spiro atoms. The summed E-state index contributed by atoms with van der Waals surface area (Å²) in [6.07, 6.45) is 4.00. The van der Waals surface area contributed by atoms with Gasteiger partial charge < -0.3 is 10.6 Å². The van der Waals surface area contributed by atoms with Crippen LogP contribution in [0.5, 0.6) is 0 Å². The van der Waals surface area contributed by atoms with E-state index in [4.69, 9.17) is 22.3 Å². The van der Waals surface area contributed by atoms with Crippen molar-refractivity contribution in [2.45, 2.75) is 38.4 Å². The van der Waals surface area contributed by atoms with E-state index in [1.807, 2.05) is 13.0 Å². The molecule has 0 amide bonds. The van der Waals surface area contributed by atoms with E-state index < -0.39 is 16.9 Å². The molecule has 5 heterocycles. The van der Waals surface area contributed by atoms with Crippen LogP contribution in [0.3, 0.4) is 0 Å². The van der Waals surface area contributed by atoms with Crippen molar-refractivity contribution < 1.29 is 13.2 Å². The molecule has 0 aromatic carbocycles. The van der Waals surface area contributed by atoms with Gasteiger partial charge in [0, 0.05) is 54.7 Å². The van der Waals surface area contributed by atoms with Crippen molar-refractivity contribution in [3.8, 4) is 11.4 Å². The van der Waals surface area contributed by atoms with E-state index in [2.05, 4.69) is 25.9 Å². The smallest absolute Gasteiger partial charge is 0.355 e. The number of alkyl halides is 3. The molecule has 1 saturated heterocycles. The van der Waals surface area contributed by atoms with Crippen LogP contribution in [0.15, 0.2) is 43.0 Å². The average molecular weight is 514 g/mol. The van der Waals surface area contributed by atoms with Crippen LogP contribution in [0.25, 0.3) is 16.9 Å². The van der Waals surface area contributed by atoms with Crippen molar-refractivity contribution in [1.82, 2.24) is 24.3 Å². The fraction of sp³-hybridized carbons (Fsp3) is 0.360. The maximum Gasteiger partial charge on any atom is 0.434 e. The third kappa shape index (κ3) is 3.54. The number of halogens is 4. The second kappa shape index (κ2) is 8.14. The molecule has 0 bridgehead atoms. The highest BCUT2D eigenvalue weighted by Gasteiger charge is 2.47. The Hall–Kier alpha value is -3.24. The monoisotopic (exact) mass is 513 g/mol. The summed E-state index contributed by atoms with van der Waals surface area (Å²) in [7, 11) is 0. The Morgan fingerprint density at radius 2 is 1.86 bits per heavy atom. The maximum absolute atomic E-state index is 13.3. The Kier molecular flexibility index (Phi) is 5.24. The van der Waals surface area contributed by atoms with E-state index in [-0.39, 0.29) is 17.0 Å². The highest BCUT2D eigenvalue weighted by Crippen LogP contribution is 2.50. The summed E-state index contributed by atoms with van der Waals surface area (Å²) in [4.78, 5) is 19.4. The zero-order chi connectivity index (χ0) is 25.2. The minimum atomic E-state index is -4.66. The molecule has 11 heteroatoms. The summed E-state index contributed by atoms with van der Waals surface area (Å²) in [5, 5.41) is -0.477. The quantitative estimate of drug-likeness (QED) is 0.405. The predicted octanol–water partition coefficient (Wildman–Crippen LogP) is 5.01. The highest BCUT2D eigenvalue weighted by atomic mass is 35.5. The Bertz CT molecular complexity index is 1470. The van der Waals surface area contributed by atoms with Gasteiger partial charge in [-0.1, -0.05) is 17.7 Å². The highest BCUT2D eigenvalue weighted by molar-refractivity contribution is 6.33. The number of fused-ring (bicyclic) bond motifs is 2. The number of hydrogen-bond acceptors (Lipinski definition) is 6. The van der Waals surface area contributed by atoms with Crippen LogP contribution < -0.4 is 10.6 Å². The molecule has 36 heavy (non-hydrogen) atoms. The van der Waals surface area contributed by atoms with E-state index in [0.717, 1.165) is 61.3 Å². The summed E-state index contributed by atoms with van der Waals surface area (Å²) in [5.74, 6) is 1.03. The molecule has 0 radical (unpaired) electrons. The molecule has 2 aliphatic rings. The molecule has 1 unspecified atom stereocenters. The summed E-state index contributed by atoms with van der Waals surface area (Å²) >= 11 is 6.13. The maximum atomic E-state index is 13.3. The SMILES string of the molecule is Cc1ccc2c(n1)CC1(CCN(c3nccn4c(-c5ccnc(C(F)(F)F)c5Cl)ncc34)CC1)C2N. The summed E-state index contributed by atoms with van der Waals surface area (Å²) in [6, 6.07) is 5.51. The van der Waals surface area contributed by atoms with Crippen LogP contribution in [0.4, 0.5) is 19.0 Å². The third-order valence-corrected chi connectivity index (χ3v) is 7.94. The number of rotatable bonds is 2. The number of aryl methyl sites for hydroxylation is 1. The van der Waals surface area contributed by atoms with Crippen molar-refractivity contribution >= 4 is 22.9 Å². The van der Waals surface area contributed by atoms with Gasteiger partial charge in [-0.05, 0) is 49.3 Å². The van der Waals surface area contributed by atoms with Crippen LogP contribution in [0.2, 0.25) is 5.02 Å². The van der Waals surface area contributed by atoms with Gasteiger partial charge in [-0.25, -0.2) is 9.97 Å². The van der Waals surface area contributed by atoms with E-state index >= 15 is 0 Å². The number of hydrogen-bond donors (Lipinski definition) is 1. The van der Waals surface area contributed by atoms with E-state index in [1.54, 1.807) is 23.0 Å². The second-order valence-electron chi connectivity index (χ2n) is 9.60. The lowest BCUT2D eigenvalue weighted by molar-refractivity contribution is -0.141. The van der Waals surface area contributed by atoms with Crippen LogP contribution in [0.1, 0.15) is 41.5 Å². The Labute approximate surface area is 210 Å². The van der Waals surface area contributed by atoms with Gasteiger partial charge in [0.25, 0.3) is 0 Å². The predicted molar refractivity (Wildman–Crippen MR) is 130 cm³/mol. The molecule has 4 aromatic rings. The number of aromatic nitrogens is 5. The Morgan fingerprint density at radius 1 is 1.08 bits per heavy atom. The molecule has 1 aliphatic carbocycles. The number of pyridine rings is 2. The molecule has 186 valence electrons. The van der Waals surface area contributed by atoms with Crippen molar-refractivity contribution in [1.29, 1.82) is 0 Å². The second-order valence-corrected chi connectivity index (χ2v) is 9.98. The van der Waals surface area contributed by atoms with Crippen molar-refractivity contribution in [3.05, 3.63) is 70.7 Å². The van der Waals surface area contributed by atoms with Crippen molar-refractivity contribution in [2.75, 3.05) is 18.0 Å². The van der Waals surface area contributed by atoms with Gasteiger partial charge in [0.1, 0.15) is 11.3 Å². The zero-order valence-electron chi connectivity index (χ0n) is 19.4. The number of anilines is 1. The normalized spacial score (nSPS) is 19.3. The topological polar surface area (TPSA) is 85.2 Å². The van der Waals surface area contributed by atoms with E-state index in [0.29, 0.717) is 11.3 Å². The molecule has 6 rings (SSSR count). The van der Waals surface area contributed by atoms with Crippen LogP contribution in [0, 0.1) is 12.3 Å². The van der Waals surface area contributed by atoms with Gasteiger partial charge in [0.05, 0.1) is 11.2 Å². The molecule has 7 nitrogen and oxygen atoms in total. The van der Waals surface area contributed by atoms with Gasteiger partial charge in [0.15, 0.2) is 11.5 Å². The standard InChI is InChI=1S/C25H23ClF3N7/c1-14-2-3-15-17(34-14)12-24(20(15)30)5-9-35(10-6-24)23-18-13-33-22(36(18)11-8-32-23)16-4-7-31-21(19(16)26)25(27,28)29/h2-4,7-8,11,13,20H,5-6,9-10,12,30H2,1H3. The average Bonchev–Trinajstić information content (AvgIpc) is 3.38. The van der Waals surface area contributed by atoms with Gasteiger partial charge in [-0.2, -0.15) is 13.2 Å². The van der Waals surface area contributed by atoms with E-state index in [9.17, 15) is 13.2 Å². The first-order valence-corrected chi connectivity index (χ1v) is 12.1. The van der Waals surface area contributed by atoms with E-state index in [1.165, 1.54) is 6.07 Å². The summed E-state index contributed by atoms with van der Waals surface area (Å²) in [6.45, 7) is 3.50. The molecule has 1 atom stereocenters. The van der Waals surface area contributed by atoms with Crippen LogP contribution >= 0.6 is 11.6 Å². The molecule has 2 N–H and O–H groups in total. The van der Waals surface area contributed by atoms with Crippen molar-refractivity contribution in [3.63, 3.8) is 0 Å². The Morgan fingerprint density at radius 3 is 2.61 bits per heavy atom.